The second-order valence-electron chi connectivity index (χ2n) is 5.72. The number of hydrogen-bond acceptors (Lipinski definition) is 4. The van der Waals surface area contributed by atoms with Crippen LogP contribution in [0.25, 0.3) is 11.4 Å². The topological polar surface area (TPSA) is 39.9 Å². The minimum Gasteiger partial charge on any atom is -0.494 e. The first-order chi connectivity index (χ1) is 12.2. The van der Waals surface area contributed by atoms with E-state index in [0.29, 0.717) is 6.61 Å². The van der Waals surface area contributed by atoms with Crippen LogP contribution in [-0.4, -0.2) is 21.4 Å². The first kappa shape index (κ1) is 17.5. The van der Waals surface area contributed by atoms with Crippen LogP contribution >= 0.6 is 11.8 Å². The van der Waals surface area contributed by atoms with Crippen LogP contribution in [-0.2, 0) is 12.3 Å². The molecule has 0 aliphatic rings. The molecule has 0 atom stereocenters. The summed E-state index contributed by atoms with van der Waals surface area (Å²) in [6.07, 6.45) is 0. The van der Waals surface area contributed by atoms with Crippen molar-refractivity contribution in [1.82, 2.24) is 14.8 Å². The first-order valence-electron chi connectivity index (χ1n) is 8.56. The molecule has 3 aromatic rings. The molecule has 130 valence electrons. The lowest BCUT2D eigenvalue weighted by atomic mass is 10.1. The molecule has 25 heavy (non-hydrogen) atoms. The maximum Gasteiger partial charge on any atom is 0.191 e. The van der Waals surface area contributed by atoms with E-state index in [0.717, 1.165) is 34.6 Å². The van der Waals surface area contributed by atoms with Crippen LogP contribution in [0.2, 0.25) is 0 Å². The van der Waals surface area contributed by atoms with Crippen LogP contribution in [0, 0.1) is 6.92 Å². The standard InChI is InChI=1S/C20H23N3OS/c1-4-23-19(16-10-12-18(13-11-16)24-5-2)21-22-20(23)25-14-17-9-7-6-8-15(17)3/h6-13H,4-5,14H2,1-3H3. The van der Waals surface area contributed by atoms with Crippen LogP contribution < -0.4 is 4.74 Å². The smallest absolute Gasteiger partial charge is 0.191 e. The molecule has 0 spiro atoms. The van der Waals surface area contributed by atoms with Crippen molar-refractivity contribution < 1.29 is 4.74 Å². The zero-order valence-electron chi connectivity index (χ0n) is 14.9. The van der Waals surface area contributed by atoms with Crippen molar-refractivity contribution in [2.45, 2.75) is 38.2 Å². The lowest BCUT2D eigenvalue weighted by Gasteiger charge is -2.09. The van der Waals surface area contributed by atoms with Crippen LogP contribution in [0.3, 0.4) is 0 Å². The van der Waals surface area contributed by atoms with Crippen molar-refractivity contribution in [2.24, 2.45) is 0 Å². The van der Waals surface area contributed by atoms with Gasteiger partial charge in [0.05, 0.1) is 6.61 Å². The summed E-state index contributed by atoms with van der Waals surface area (Å²) in [6, 6.07) is 16.5. The Hall–Kier alpha value is -2.27. The second kappa shape index (κ2) is 8.21. The molecule has 0 amide bonds. The quantitative estimate of drug-likeness (QED) is 0.563. The Morgan fingerprint density at radius 3 is 2.44 bits per heavy atom. The summed E-state index contributed by atoms with van der Waals surface area (Å²) >= 11 is 1.73. The van der Waals surface area contributed by atoms with Gasteiger partial charge < -0.3 is 9.30 Å². The predicted molar refractivity (Wildman–Crippen MR) is 103 cm³/mol. The molecule has 1 aromatic heterocycles. The molecule has 0 aliphatic carbocycles. The minimum absolute atomic E-state index is 0.671. The third-order valence-corrected chi connectivity index (χ3v) is 5.09. The van der Waals surface area contributed by atoms with Gasteiger partial charge >= 0.3 is 0 Å². The summed E-state index contributed by atoms with van der Waals surface area (Å²) in [5, 5.41) is 9.78. The SMILES string of the molecule is CCOc1ccc(-c2nnc(SCc3ccccc3C)n2CC)cc1. The van der Waals surface area contributed by atoms with E-state index in [9.17, 15) is 0 Å². The number of benzene rings is 2. The Morgan fingerprint density at radius 1 is 1.00 bits per heavy atom. The van der Waals surface area contributed by atoms with Gasteiger partial charge in [-0.15, -0.1) is 10.2 Å². The number of aromatic nitrogens is 3. The number of rotatable bonds is 7. The molecular formula is C20H23N3OS. The van der Waals surface area contributed by atoms with E-state index in [1.807, 2.05) is 31.2 Å². The second-order valence-corrected chi connectivity index (χ2v) is 6.67. The Labute approximate surface area is 153 Å². The van der Waals surface area contributed by atoms with Crippen LogP contribution in [0.5, 0.6) is 5.75 Å². The largest absolute Gasteiger partial charge is 0.494 e. The van der Waals surface area contributed by atoms with Crippen molar-refractivity contribution >= 4 is 11.8 Å². The Bertz CT molecular complexity index is 827. The third kappa shape index (κ3) is 4.04. The van der Waals surface area contributed by atoms with Crippen molar-refractivity contribution in [1.29, 1.82) is 0 Å². The first-order valence-corrected chi connectivity index (χ1v) is 9.55. The summed E-state index contributed by atoms with van der Waals surface area (Å²) < 4.78 is 7.68. The van der Waals surface area contributed by atoms with Crippen molar-refractivity contribution in [3.05, 3.63) is 59.7 Å². The van der Waals surface area contributed by atoms with Gasteiger partial charge in [-0.2, -0.15) is 0 Å². The minimum atomic E-state index is 0.671. The summed E-state index contributed by atoms with van der Waals surface area (Å²) in [7, 11) is 0. The fourth-order valence-electron chi connectivity index (χ4n) is 2.68. The van der Waals surface area contributed by atoms with Gasteiger partial charge in [0.1, 0.15) is 5.75 Å². The van der Waals surface area contributed by atoms with Crippen LogP contribution in [0.4, 0.5) is 0 Å². The zero-order valence-corrected chi connectivity index (χ0v) is 15.7. The highest BCUT2D eigenvalue weighted by atomic mass is 32.2. The summed E-state index contributed by atoms with van der Waals surface area (Å²) in [5.41, 5.74) is 3.70. The molecule has 0 unspecified atom stereocenters. The number of hydrogen-bond donors (Lipinski definition) is 0. The summed E-state index contributed by atoms with van der Waals surface area (Å²) in [6.45, 7) is 7.76. The number of nitrogens with zero attached hydrogens (tertiary/aromatic N) is 3. The molecule has 1 heterocycles. The van der Waals surface area contributed by atoms with E-state index >= 15 is 0 Å². The molecule has 0 aliphatic heterocycles. The molecule has 0 fully saturated rings. The molecule has 4 nitrogen and oxygen atoms in total. The Morgan fingerprint density at radius 2 is 1.76 bits per heavy atom. The maximum atomic E-state index is 5.51. The van der Waals surface area contributed by atoms with Gasteiger partial charge in [-0.25, -0.2) is 0 Å². The summed E-state index contributed by atoms with van der Waals surface area (Å²) in [4.78, 5) is 0. The zero-order chi connectivity index (χ0) is 17.6. The van der Waals surface area contributed by atoms with E-state index in [-0.39, 0.29) is 0 Å². The molecule has 3 rings (SSSR count). The highest BCUT2D eigenvalue weighted by Crippen LogP contribution is 2.28. The highest BCUT2D eigenvalue weighted by molar-refractivity contribution is 7.98. The molecule has 5 heteroatoms. The van der Waals surface area contributed by atoms with E-state index in [4.69, 9.17) is 4.74 Å². The highest BCUT2D eigenvalue weighted by Gasteiger charge is 2.13. The molecular weight excluding hydrogens is 330 g/mol. The van der Waals surface area contributed by atoms with E-state index in [1.165, 1.54) is 11.1 Å². The van der Waals surface area contributed by atoms with Crippen molar-refractivity contribution in [2.75, 3.05) is 6.61 Å². The number of thioether (sulfide) groups is 1. The summed E-state index contributed by atoms with van der Waals surface area (Å²) in [5.74, 6) is 2.68. The van der Waals surface area contributed by atoms with Gasteiger partial charge in [-0.3, -0.25) is 0 Å². The van der Waals surface area contributed by atoms with E-state index < -0.39 is 0 Å². The molecule has 0 saturated heterocycles. The molecule has 0 bridgehead atoms. The Kier molecular flexibility index (Phi) is 5.76. The van der Waals surface area contributed by atoms with Crippen LogP contribution in [0.15, 0.2) is 53.7 Å². The average Bonchev–Trinajstić information content (AvgIpc) is 3.05. The fraction of sp³-hybridized carbons (Fsp3) is 0.300. The van der Waals surface area contributed by atoms with E-state index in [1.54, 1.807) is 11.8 Å². The van der Waals surface area contributed by atoms with Crippen molar-refractivity contribution in [3.8, 4) is 17.1 Å². The van der Waals surface area contributed by atoms with Gasteiger partial charge in [-0.1, -0.05) is 36.0 Å². The fourth-order valence-corrected chi connectivity index (χ4v) is 3.75. The molecule has 0 radical (unpaired) electrons. The molecule has 0 saturated carbocycles. The molecule has 0 N–H and O–H groups in total. The van der Waals surface area contributed by atoms with Gasteiger partial charge in [0, 0.05) is 17.9 Å². The van der Waals surface area contributed by atoms with Crippen molar-refractivity contribution in [3.63, 3.8) is 0 Å². The van der Waals surface area contributed by atoms with E-state index in [2.05, 4.69) is 52.9 Å². The van der Waals surface area contributed by atoms with Crippen LogP contribution in [0.1, 0.15) is 25.0 Å². The third-order valence-electron chi connectivity index (χ3n) is 4.07. The lowest BCUT2D eigenvalue weighted by Crippen LogP contribution is -2.00. The van der Waals surface area contributed by atoms with Gasteiger partial charge in [0.2, 0.25) is 0 Å². The van der Waals surface area contributed by atoms with Gasteiger partial charge in [0.15, 0.2) is 11.0 Å². The number of aryl methyl sites for hydroxylation is 1. The lowest BCUT2D eigenvalue weighted by molar-refractivity contribution is 0.340. The van der Waals surface area contributed by atoms with Gasteiger partial charge in [0.25, 0.3) is 0 Å². The average molecular weight is 353 g/mol. The predicted octanol–water partition coefficient (Wildman–Crippen LogP) is 4.96. The molecule has 2 aromatic carbocycles. The van der Waals surface area contributed by atoms with Gasteiger partial charge in [-0.05, 0) is 56.2 Å². The number of ether oxygens (including phenoxy) is 1. The Balaban J connectivity index is 1.80. The normalized spacial score (nSPS) is 10.8. The maximum absolute atomic E-state index is 5.51. The monoisotopic (exact) mass is 353 g/mol.